The maximum absolute atomic E-state index is 2.29. The van der Waals surface area contributed by atoms with Crippen molar-refractivity contribution in [1.29, 1.82) is 0 Å². The molecule has 0 saturated heterocycles. The Morgan fingerprint density at radius 3 is 2.60 bits per heavy atom. The standard InChI is InChI=1S/C9H18S/c1-4-5-7-10-8-6-9(2)3/h6H,4-5,7-8H2,1-3H3. The Morgan fingerprint density at radius 2 is 2.10 bits per heavy atom. The first-order chi connectivity index (χ1) is 4.77. The molecule has 0 radical (unpaired) electrons. The van der Waals surface area contributed by atoms with Gasteiger partial charge in [-0.2, -0.15) is 11.8 Å². The summed E-state index contributed by atoms with van der Waals surface area (Å²) in [7, 11) is 0. The van der Waals surface area contributed by atoms with E-state index in [1.54, 1.807) is 0 Å². The Bertz CT molecular complexity index is 90.9. The monoisotopic (exact) mass is 158 g/mol. The Balaban J connectivity index is 2.98. The zero-order chi connectivity index (χ0) is 7.82. The third kappa shape index (κ3) is 8.09. The van der Waals surface area contributed by atoms with Crippen LogP contribution in [0.3, 0.4) is 0 Å². The fourth-order valence-corrected chi connectivity index (χ4v) is 1.67. The molecule has 0 fully saturated rings. The molecular formula is C9H18S. The molecule has 0 aromatic rings. The van der Waals surface area contributed by atoms with Crippen LogP contribution in [0.15, 0.2) is 11.6 Å². The van der Waals surface area contributed by atoms with E-state index in [-0.39, 0.29) is 0 Å². The summed E-state index contributed by atoms with van der Waals surface area (Å²) >= 11 is 2.03. The highest BCUT2D eigenvalue weighted by Gasteiger charge is 1.84. The minimum atomic E-state index is 1.20. The summed E-state index contributed by atoms with van der Waals surface area (Å²) < 4.78 is 0. The second-order valence-electron chi connectivity index (χ2n) is 2.71. The summed E-state index contributed by atoms with van der Waals surface area (Å²) in [6, 6.07) is 0. The van der Waals surface area contributed by atoms with E-state index in [2.05, 4.69) is 26.8 Å². The fourth-order valence-electron chi connectivity index (χ4n) is 0.555. The third-order valence-corrected chi connectivity index (χ3v) is 2.23. The molecule has 0 aromatic heterocycles. The maximum Gasteiger partial charge on any atom is 0.0115 e. The Labute approximate surface area is 69.1 Å². The number of allylic oxidation sites excluding steroid dienone is 1. The van der Waals surface area contributed by atoms with Crippen LogP contribution in [-0.4, -0.2) is 11.5 Å². The van der Waals surface area contributed by atoms with E-state index < -0.39 is 0 Å². The van der Waals surface area contributed by atoms with Crippen LogP contribution in [0.5, 0.6) is 0 Å². The van der Waals surface area contributed by atoms with Crippen molar-refractivity contribution < 1.29 is 0 Å². The molecule has 0 rings (SSSR count). The lowest BCUT2D eigenvalue weighted by molar-refractivity contribution is 0.897. The van der Waals surface area contributed by atoms with Crippen molar-refractivity contribution in [2.24, 2.45) is 0 Å². The summed E-state index contributed by atoms with van der Waals surface area (Å²) in [4.78, 5) is 0. The molecule has 0 atom stereocenters. The molecular weight excluding hydrogens is 140 g/mol. The van der Waals surface area contributed by atoms with E-state index in [0.29, 0.717) is 0 Å². The molecule has 0 aliphatic carbocycles. The highest BCUT2D eigenvalue weighted by molar-refractivity contribution is 7.99. The summed E-state index contributed by atoms with van der Waals surface area (Å²) in [5, 5.41) is 0. The number of hydrogen-bond donors (Lipinski definition) is 0. The molecule has 1 heteroatoms. The van der Waals surface area contributed by atoms with Gasteiger partial charge in [0.05, 0.1) is 0 Å². The van der Waals surface area contributed by atoms with Gasteiger partial charge in [0.15, 0.2) is 0 Å². The normalized spacial score (nSPS) is 9.50. The smallest absolute Gasteiger partial charge is 0.0115 e. The number of rotatable bonds is 5. The zero-order valence-electron chi connectivity index (χ0n) is 7.31. The molecule has 0 aromatic carbocycles. The van der Waals surface area contributed by atoms with E-state index >= 15 is 0 Å². The van der Waals surface area contributed by atoms with Crippen molar-refractivity contribution in [2.75, 3.05) is 11.5 Å². The molecule has 0 amide bonds. The first-order valence-electron chi connectivity index (χ1n) is 3.98. The summed E-state index contributed by atoms with van der Waals surface area (Å²) in [6.07, 6.45) is 4.98. The second kappa shape index (κ2) is 7.20. The van der Waals surface area contributed by atoms with E-state index in [9.17, 15) is 0 Å². The molecule has 0 spiro atoms. The molecule has 10 heavy (non-hydrogen) atoms. The van der Waals surface area contributed by atoms with Crippen LogP contribution in [-0.2, 0) is 0 Å². The largest absolute Gasteiger partial charge is 0.158 e. The molecule has 0 aliphatic heterocycles. The average Bonchev–Trinajstić information content (AvgIpc) is 1.87. The topological polar surface area (TPSA) is 0 Å². The zero-order valence-corrected chi connectivity index (χ0v) is 8.13. The first-order valence-corrected chi connectivity index (χ1v) is 5.14. The van der Waals surface area contributed by atoms with Gasteiger partial charge in [0.1, 0.15) is 0 Å². The Morgan fingerprint density at radius 1 is 1.40 bits per heavy atom. The molecule has 0 unspecified atom stereocenters. The van der Waals surface area contributed by atoms with Crippen LogP contribution < -0.4 is 0 Å². The van der Waals surface area contributed by atoms with Gasteiger partial charge in [0.25, 0.3) is 0 Å². The molecule has 60 valence electrons. The number of unbranched alkanes of at least 4 members (excludes halogenated alkanes) is 1. The molecule has 0 bridgehead atoms. The number of hydrogen-bond acceptors (Lipinski definition) is 1. The summed E-state index contributed by atoms with van der Waals surface area (Å²) in [6.45, 7) is 6.54. The lowest BCUT2D eigenvalue weighted by atomic mass is 10.3. The van der Waals surface area contributed by atoms with E-state index in [4.69, 9.17) is 0 Å². The number of thioether (sulfide) groups is 1. The van der Waals surface area contributed by atoms with Crippen molar-refractivity contribution in [1.82, 2.24) is 0 Å². The van der Waals surface area contributed by atoms with Crippen LogP contribution in [0.4, 0.5) is 0 Å². The van der Waals surface area contributed by atoms with Crippen LogP contribution in [0.1, 0.15) is 33.6 Å². The van der Waals surface area contributed by atoms with Crippen molar-refractivity contribution in [3.05, 3.63) is 11.6 Å². The molecule has 0 aliphatic rings. The van der Waals surface area contributed by atoms with Crippen molar-refractivity contribution >= 4 is 11.8 Å². The lowest BCUT2D eigenvalue weighted by Crippen LogP contribution is -1.79. The Hall–Kier alpha value is 0.0900. The van der Waals surface area contributed by atoms with E-state index in [0.717, 1.165) is 0 Å². The van der Waals surface area contributed by atoms with E-state index in [1.807, 2.05) is 11.8 Å². The molecule has 0 heterocycles. The van der Waals surface area contributed by atoms with E-state index in [1.165, 1.54) is 29.9 Å². The van der Waals surface area contributed by atoms with Gasteiger partial charge in [0, 0.05) is 5.75 Å². The van der Waals surface area contributed by atoms with Crippen molar-refractivity contribution in [2.45, 2.75) is 33.6 Å². The minimum absolute atomic E-state index is 1.20. The van der Waals surface area contributed by atoms with Gasteiger partial charge in [0.2, 0.25) is 0 Å². The average molecular weight is 158 g/mol. The SMILES string of the molecule is CCCCSCC=C(C)C. The summed E-state index contributed by atoms with van der Waals surface area (Å²) in [5.41, 5.74) is 1.43. The minimum Gasteiger partial charge on any atom is -0.158 e. The molecule has 0 nitrogen and oxygen atoms in total. The second-order valence-corrected chi connectivity index (χ2v) is 3.86. The summed E-state index contributed by atoms with van der Waals surface area (Å²) in [5.74, 6) is 2.52. The highest BCUT2D eigenvalue weighted by atomic mass is 32.2. The van der Waals surface area contributed by atoms with Crippen LogP contribution in [0.2, 0.25) is 0 Å². The third-order valence-electron chi connectivity index (χ3n) is 1.25. The van der Waals surface area contributed by atoms with Crippen molar-refractivity contribution in [3.63, 3.8) is 0 Å². The van der Waals surface area contributed by atoms with Gasteiger partial charge in [-0.25, -0.2) is 0 Å². The predicted molar refractivity (Wildman–Crippen MR) is 51.7 cm³/mol. The van der Waals surface area contributed by atoms with Gasteiger partial charge in [-0.3, -0.25) is 0 Å². The first kappa shape index (κ1) is 10.1. The van der Waals surface area contributed by atoms with Gasteiger partial charge in [-0.15, -0.1) is 0 Å². The van der Waals surface area contributed by atoms with Gasteiger partial charge in [-0.05, 0) is 26.0 Å². The Kier molecular flexibility index (Phi) is 7.26. The van der Waals surface area contributed by atoms with Crippen LogP contribution >= 0.6 is 11.8 Å². The molecule has 0 N–H and O–H groups in total. The van der Waals surface area contributed by atoms with Gasteiger partial charge in [-0.1, -0.05) is 25.0 Å². The van der Waals surface area contributed by atoms with Gasteiger partial charge < -0.3 is 0 Å². The maximum atomic E-state index is 2.29. The van der Waals surface area contributed by atoms with Crippen molar-refractivity contribution in [3.8, 4) is 0 Å². The molecule has 0 saturated carbocycles. The van der Waals surface area contributed by atoms with Crippen LogP contribution in [0, 0.1) is 0 Å². The predicted octanol–water partition coefficient (Wildman–Crippen LogP) is 3.49. The quantitative estimate of drug-likeness (QED) is 0.436. The lowest BCUT2D eigenvalue weighted by Gasteiger charge is -1.94. The fraction of sp³-hybridized carbons (Fsp3) is 0.778. The van der Waals surface area contributed by atoms with Gasteiger partial charge >= 0.3 is 0 Å². The highest BCUT2D eigenvalue weighted by Crippen LogP contribution is 2.05. The van der Waals surface area contributed by atoms with Crippen LogP contribution in [0.25, 0.3) is 0 Å².